The molecule has 3 unspecified atom stereocenters. The fourth-order valence-electron chi connectivity index (χ4n) is 6.97. The van der Waals surface area contributed by atoms with Crippen LogP contribution >= 0.6 is 11.6 Å². The molecule has 1 N–H and O–H groups in total. The summed E-state index contributed by atoms with van der Waals surface area (Å²) in [5.74, 6) is 0.0582. The molecule has 176 valence electrons. The number of aromatic nitrogens is 1. The van der Waals surface area contributed by atoms with Crippen molar-refractivity contribution in [3.05, 3.63) is 28.9 Å². The summed E-state index contributed by atoms with van der Waals surface area (Å²) in [5.41, 5.74) is 1.50. The van der Waals surface area contributed by atoms with Crippen LogP contribution in [-0.2, 0) is 14.9 Å². The molecule has 0 radical (unpaired) electrons. The van der Waals surface area contributed by atoms with Crippen molar-refractivity contribution in [1.82, 2.24) is 9.88 Å². The molecule has 0 spiro atoms. The molecule has 4 aliphatic rings. The number of nitrogens with one attached hydrogen (secondary N) is 1. The first-order chi connectivity index (χ1) is 15.4. The van der Waals surface area contributed by atoms with Crippen molar-refractivity contribution >= 4 is 38.5 Å². The topological polar surface area (TPSA) is 103 Å². The van der Waals surface area contributed by atoms with Crippen LogP contribution in [0.2, 0.25) is 5.02 Å². The maximum Gasteiger partial charge on any atom is 0.306 e. The largest absolute Gasteiger partial charge is 0.381 e. The summed E-state index contributed by atoms with van der Waals surface area (Å²) in [6.07, 6.45) is 7.58. The van der Waals surface area contributed by atoms with Gasteiger partial charge in [0.25, 0.3) is 0 Å². The van der Waals surface area contributed by atoms with E-state index in [0.29, 0.717) is 11.8 Å². The molecule has 2 saturated carbocycles. The summed E-state index contributed by atoms with van der Waals surface area (Å²) in [6, 6.07) is 6.11. The van der Waals surface area contributed by atoms with E-state index in [9.17, 15) is 18.5 Å². The second-order valence-electron chi connectivity index (χ2n) is 10.7. The molecule has 9 heteroatoms. The monoisotopic (exact) mass is 489 g/mol. The predicted molar refractivity (Wildman–Crippen MR) is 125 cm³/mol. The minimum atomic E-state index is -3.72. The van der Waals surface area contributed by atoms with E-state index < -0.39 is 10.1 Å². The molecule has 2 aliphatic heterocycles. The van der Waals surface area contributed by atoms with E-state index in [1.807, 2.05) is 13.1 Å². The van der Waals surface area contributed by atoms with Crippen molar-refractivity contribution in [2.24, 2.45) is 10.8 Å². The van der Waals surface area contributed by atoms with Crippen molar-refractivity contribution in [3.63, 3.8) is 0 Å². The van der Waals surface area contributed by atoms with Gasteiger partial charge >= 0.3 is 10.1 Å². The van der Waals surface area contributed by atoms with Gasteiger partial charge in [-0.2, -0.15) is 13.7 Å². The van der Waals surface area contributed by atoms with Crippen LogP contribution < -0.4 is 4.18 Å². The molecule has 7 nitrogen and oxygen atoms in total. The number of benzene rings is 1. The van der Waals surface area contributed by atoms with Gasteiger partial charge in [0, 0.05) is 35.6 Å². The molecule has 3 atom stereocenters. The van der Waals surface area contributed by atoms with E-state index >= 15 is 0 Å². The van der Waals surface area contributed by atoms with Gasteiger partial charge in [0.2, 0.25) is 5.91 Å². The maximum atomic E-state index is 13.5. The standard InChI is InChI=1S/C24H28ClN3O4S/c1-14(17-11-27-18-4-5-19(22(25)21(17)18)32-33(3,30)31)6-20(29)28-15-7-23(2)8-16(28)10-24(9-15,12-23)13-26/h4-5,11,14-16,27H,6-10,12H2,1-3H3. The van der Waals surface area contributed by atoms with Crippen molar-refractivity contribution in [2.45, 2.75) is 70.4 Å². The molecule has 1 aromatic heterocycles. The molecular formula is C24H28ClN3O4S. The first-order valence-electron chi connectivity index (χ1n) is 11.3. The van der Waals surface area contributed by atoms with Gasteiger partial charge in [-0.25, -0.2) is 0 Å². The van der Waals surface area contributed by atoms with Gasteiger partial charge in [-0.3, -0.25) is 4.79 Å². The highest BCUT2D eigenvalue weighted by atomic mass is 35.5. The number of hydrogen-bond donors (Lipinski definition) is 1. The normalized spacial score (nSPS) is 31.5. The second-order valence-corrected chi connectivity index (χ2v) is 12.7. The van der Waals surface area contributed by atoms with Crippen LogP contribution in [-0.4, -0.2) is 42.5 Å². The fourth-order valence-corrected chi connectivity index (χ4v) is 7.79. The third-order valence-electron chi connectivity index (χ3n) is 7.82. The van der Waals surface area contributed by atoms with Crippen molar-refractivity contribution in [2.75, 3.05) is 6.26 Å². The highest BCUT2D eigenvalue weighted by molar-refractivity contribution is 7.86. The minimum Gasteiger partial charge on any atom is -0.381 e. The number of amides is 1. The zero-order valence-corrected chi connectivity index (χ0v) is 20.6. The molecule has 3 heterocycles. The lowest BCUT2D eigenvalue weighted by molar-refractivity contribution is -0.163. The van der Waals surface area contributed by atoms with Gasteiger partial charge in [0.15, 0.2) is 5.75 Å². The Morgan fingerprint density at radius 2 is 2.00 bits per heavy atom. The number of halogens is 1. The SMILES string of the molecule is CC(CC(=O)N1C2CC3(C)CC1CC(C#N)(C2)C3)c1c[nH]c2ccc(OS(C)(=O)=O)c(Cl)c12. The highest BCUT2D eigenvalue weighted by Crippen LogP contribution is 2.61. The number of nitrogens with zero attached hydrogens (tertiary/aromatic N) is 2. The van der Waals surface area contributed by atoms with Crippen LogP contribution in [0.3, 0.4) is 0 Å². The summed E-state index contributed by atoms with van der Waals surface area (Å²) in [7, 11) is -3.72. The van der Waals surface area contributed by atoms with E-state index in [2.05, 4.69) is 22.9 Å². The molecule has 4 fully saturated rings. The summed E-state index contributed by atoms with van der Waals surface area (Å²) in [5, 5.41) is 10.7. The molecular weight excluding hydrogens is 462 g/mol. The lowest BCUT2D eigenvalue weighted by atomic mass is 9.50. The van der Waals surface area contributed by atoms with Crippen molar-refractivity contribution in [3.8, 4) is 11.8 Å². The first kappa shape index (κ1) is 22.5. The van der Waals surface area contributed by atoms with Crippen LogP contribution in [0, 0.1) is 22.2 Å². The highest BCUT2D eigenvalue weighted by Gasteiger charge is 2.60. The third kappa shape index (κ3) is 3.79. The Hall–Kier alpha value is -2.24. The van der Waals surface area contributed by atoms with Crippen molar-refractivity contribution in [1.29, 1.82) is 5.26 Å². The Balaban J connectivity index is 1.39. The average molecular weight is 490 g/mol. The fraction of sp³-hybridized carbons (Fsp3) is 0.583. The Kier molecular flexibility index (Phi) is 5.04. The average Bonchev–Trinajstić information content (AvgIpc) is 3.12. The molecule has 2 aromatic rings. The van der Waals surface area contributed by atoms with Crippen molar-refractivity contribution < 1.29 is 17.4 Å². The first-order valence-corrected chi connectivity index (χ1v) is 13.5. The Morgan fingerprint density at radius 1 is 1.33 bits per heavy atom. The lowest BCUT2D eigenvalue weighted by Crippen LogP contribution is -2.65. The number of rotatable bonds is 5. The molecule has 33 heavy (non-hydrogen) atoms. The molecule has 6 rings (SSSR count). The summed E-state index contributed by atoms with van der Waals surface area (Å²) < 4.78 is 28.2. The molecule has 1 aromatic carbocycles. The molecule has 4 bridgehead atoms. The zero-order valence-electron chi connectivity index (χ0n) is 19.0. The van der Waals surface area contributed by atoms with Gasteiger partial charge in [-0.05, 0) is 61.1 Å². The van der Waals surface area contributed by atoms with Crippen LogP contribution in [0.4, 0.5) is 0 Å². The van der Waals surface area contributed by atoms with Gasteiger partial charge < -0.3 is 14.1 Å². The Labute approximate surface area is 199 Å². The molecule has 2 saturated heterocycles. The maximum absolute atomic E-state index is 13.5. The van der Waals surface area contributed by atoms with E-state index in [0.717, 1.165) is 49.4 Å². The Morgan fingerprint density at radius 3 is 2.61 bits per heavy atom. The minimum absolute atomic E-state index is 0.0749. The van der Waals surface area contributed by atoms with E-state index in [-0.39, 0.29) is 45.5 Å². The van der Waals surface area contributed by atoms with Crippen LogP contribution in [0.5, 0.6) is 5.75 Å². The van der Waals surface area contributed by atoms with Crippen LogP contribution in [0.25, 0.3) is 10.9 Å². The predicted octanol–water partition coefficient (Wildman–Crippen LogP) is 4.73. The van der Waals surface area contributed by atoms with Gasteiger partial charge in [0.1, 0.15) is 0 Å². The third-order valence-corrected chi connectivity index (χ3v) is 8.68. The molecule has 2 aliphatic carbocycles. The number of nitriles is 1. The van der Waals surface area contributed by atoms with E-state index in [1.54, 1.807) is 6.07 Å². The van der Waals surface area contributed by atoms with Gasteiger partial charge in [-0.1, -0.05) is 25.4 Å². The van der Waals surface area contributed by atoms with E-state index in [4.69, 9.17) is 15.8 Å². The number of aromatic amines is 1. The number of fused-ring (bicyclic) bond motifs is 1. The van der Waals surface area contributed by atoms with Gasteiger partial charge in [-0.15, -0.1) is 0 Å². The summed E-state index contributed by atoms with van der Waals surface area (Å²) in [6.45, 7) is 4.25. The smallest absolute Gasteiger partial charge is 0.306 e. The Bertz CT molecular complexity index is 1280. The van der Waals surface area contributed by atoms with E-state index in [1.165, 1.54) is 6.07 Å². The number of piperidine rings is 2. The number of H-pyrrole nitrogens is 1. The lowest BCUT2D eigenvalue weighted by Gasteiger charge is -2.63. The summed E-state index contributed by atoms with van der Waals surface area (Å²) in [4.78, 5) is 18.7. The second kappa shape index (κ2) is 7.38. The van der Waals surface area contributed by atoms with Crippen LogP contribution in [0.1, 0.15) is 63.9 Å². The van der Waals surface area contributed by atoms with Gasteiger partial charge in [0.05, 0.1) is 22.8 Å². The number of carbonyl (C=O) groups is 1. The number of hydrogen-bond acceptors (Lipinski definition) is 5. The van der Waals surface area contributed by atoms with Crippen LogP contribution in [0.15, 0.2) is 18.3 Å². The zero-order chi connectivity index (χ0) is 23.8. The molecule has 1 amide bonds. The number of carbonyl (C=O) groups excluding carboxylic acids is 1. The quantitative estimate of drug-likeness (QED) is 0.611. The summed E-state index contributed by atoms with van der Waals surface area (Å²) >= 11 is 6.53.